The molecule has 220 valence electrons. The summed E-state index contributed by atoms with van der Waals surface area (Å²) in [7, 11) is -0.787. The molecule has 0 saturated carbocycles. The number of pyridine rings is 1. The molecule has 1 N–H and O–H groups in total. The molecule has 0 atom stereocenters. The highest BCUT2D eigenvalue weighted by molar-refractivity contribution is 6.56. The van der Waals surface area contributed by atoms with Gasteiger partial charge in [0.05, 0.1) is 11.2 Å². The highest BCUT2D eigenvalue weighted by Crippen LogP contribution is 2.44. The van der Waals surface area contributed by atoms with E-state index in [0.29, 0.717) is 11.0 Å². The fourth-order valence-corrected chi connectivity index (χ4v) is 4.95. The van der Waals surface area contributed by atoms with Gasteiger partial charge in [-0.15, -0.1) is 0 Å². The molecule has 0 unspecified atom stereocenters. The molecule has 0 radical (unpaired) electrons. The molecule has 0 bridgehead atoms. The number of fused-ring (bicyclic) bond motifs is 3. The molecular weight excluding hydrogens is 548 g/mol. The van der Waals surface area contributed by atoms with Crippen molar-refractivity contribution in [3.05, 3.63) is 89.0 Å². The highest BCUT2D eigenvalue weighted by atomic mass is 19.4. The Balaban J connectivity index is 1.28. The number of benzene rings is 2. The average molecular weight is 580 g/mol. The maximum Gasteiger partial charge on any atom is 0.492 e. The number of nitrogens with zero attached hydrogens (tertiary/aromatic N) is 1. The van der Waals surface area contributed by atoms with Crippen LogP contribution in [0.3, 0.4) is 0 Å². The molecule has 2 heterocycles. The van der Waals surface area contributed by atoms with Crippen molar-refractivity contribution in [3.63, 3.8) is 0 Å². The van der Waals surface area contributed by atoms with Crippen LogP contribution in [-0.4, -0.2) is 55.3 Å². The Kier molecular flexibility index (Phi) is 8.09. The SMILES string of the molecule is CC1(C)OB(C(=Cc2ccc(OCC(F)(F)F)nc2)CNC(=O)OCC2c3ccccc3-c3ccccc32)OC1(C)C. The summed E-state index contributed by atoms with van der Waals surface area (Å²) in [6.07, 6.45) is -1.97. The van der Waals surface area contributed by atoms with Gasteiger partial charge in [-0.05, 0) is 67.1 Å². The minimum absolute atomic E-state index is 0.0415. The molecule has 7 nitrogen and oxygen atoms in total. The van der Waals surface area contributed by atoms with Gasteiger partial charge in [0, 0.05) is 24.7 Å². The molecule has 1 amide bonds. The Hall–Kier alpha value is -3.83. The van der Waals surface area contributed by atoms with Crippen molar-refractivity contribution >= 4 is 19.3 Å². The van der Waals surface area contributed by atoms with Crippen LogP contribution in [0.25, 0.3) is 17.2 Å². The van der Waals surface area contributed by atoms with E-state index in [2.05, 4.69) is 22.4 Å². The van der Waals surface area contributed by atoms with E-state index in [0.717, 1.165) is 22.3 Å². The van der Waals surface area contributed by atoms with Crippen molar-refractivity contribution in [2.75, 3.05) is 19.8 Å². The maximum atomic E-state index is 12.9. The summed E-state index contributed by atoms with van der Waals surface area (Å²) in [4.78, 5) is 16.8. The molecule has 0 spiro atoms. The molecule has 42 heavy (non-hydrogen) atoms. The summed E-state index contributed by atoms with van der Waals surface area (Å²) in [5.41, 5.74) is 4.37. The predicted molar refractivity (Wildman–Crippen MR) is 153 cm³/mol. The minimum Gasteiger partial charge on any atom is -0.468 e. The van der Waals surface area contributed by atoms with Crippen molar-refractivity contribution in [2.24, 2.45) is 0 Å². The molecular formula is C31H32BF3N2O5. The lowest BCUT2D eigenvalue weighted by Gasteiger charge is -2.32. The lowest BCUT2D eigenvalue weighted by Crippen LogP contribution is -2.41. The third-order valence-electron chi connectivity index (χ3n) is 7.83. The highest BCUT2D eigenvalue weighted by Gasteiger charge is 2.52. The first-order valence-corrected chi connectivity index (χ1v) is 13.6. The zero-order valence-electron chi connectivity index (χ0n) is 23.8. The third-order valence-corrected chi connectivity index (χ3v) is 7.83. The molecule has 1 aromatic heterocycles. The second-order valence-corrected chi connectivity index (χ2v) is 11.3. The van der Waals surface area contributed by atoms with Crippen LogP contribution in [0.15, 0.2) is 72.3 Å². The fourth-order valence-electron chi connectivity index (χ4n) is 4.95. The lowest BCUT2D eigenvalue weighted by molar-refractivity contribution is -0.154. The van der Waals surface area contributed by atoms with E-state index in [1.807, 2.05) is 64.1 Å². The van der Waals surface area contributed by atoms with E-state index in [-0.39, 0.29) is 24.9 Å². The van der Waals surface area contributed by atoms with Crippen LogP contribution in [0.2, 0.25) is 0 Å². The summed E-state index contributed by atoms with van der Waals surface area (Å²) in [6.45, 7) is 6.43. The number of ether oxygens (including phenoxy) is 2. The molecule has 5 rings (SSSR count). The molecule has 1 aliphatic carbocycles. The van der Waals surface area contributed by atoms with E-state index in [4.69, 9.17) is 18.8 Å². The van der Waals surface area contributed by atoms with E-state index in [1.54, 1.807) is 12.1 Å². The Morgan fingerprint density at radius 2 is 1.57 bits per heavy atom. The molecule has 2 aromatic carbocycles. The fraction of sp³-hybridized carbons (Fsp3) is 0.355. The Morgan fingerprint density at radius 3 is 2.12 bits per heavy atom. The van der Waals surface area contributed by atoms with E-state index < -0.39 is 37.2 Å². The lowest BCUT2D eigenvalue weighted by atomic mass is 9.77. The van der Waals surface area contributed by atoms with E-state index >= 15 is 0 Å². The number of rotatable bonds is 8. The second-order valence-electron chi connectivity index (χ2n) is 11.3. The first-order valence-electron chi connectivity index (χ1n) is 13.6. The Bertz CT molecular complexity index is 1410. The van der Waals surface area contributed by atoms with Crippen molar-refractivity contribution in [1.29, 1.82) is 0 Å². The topological polar surface area (TPSA) is 78.9 Å². The van der Waals surface area contributed by atoms with Crippen LogP contribution < -0.4 is 10.1 Å². The summed E-state index contributed by atoms with van der Waals surface area (Å²) in [6, 6.07) is 19.1. The Labute approximate surface area is 243 Å². The molecule has 3 aromatic rings. The molecule has 11 heteroatoms. The summed E-state index contributed by atoms with van der Waals surface area (Å²) < 4.78 is 60.2. The van der Waals surface area contributed by atoms with Gasteiger partial charge in [0.25, 0.3) is 0 Å². The number of hydrogen-bond donors (Lipinski definition) is 1. The number of alkyl halides is 3. The third kappa shape index (κ3) is 6.47. The number of alkyl carbamates (subject to hydrolysis) is 1. The van der Waals surface area contributed by atoms with Gasteiger partial charge < -0.3 is 24.1 Å². The quantitative estimate of drug-likeness (QED) is 0.304. The Morgan fingerprint density at radius 1 is 0.976 bits per heavy atom. The largest absolute Gasteiger partial charge is 0.492 e. The standard InChI is InChI=1S/C31H32BF3N2O5/c1-29(2)30(3,4)42-32(41-29)21(15-20-13-14-27(36-16-20)40-19-31(33,34)35)17-37-28(38)39-18-26-24-11-7-5-9-22(24)23-10-6-8-12-25(23)26/h5-16,26H,17-19H2,1-4H3,(H,37,38). The van der Waals surface area contributed by atoms with Crippen molar-refractivity contribution in [3.8, 4) is 17.0 Å². The van der Waals surface area contributed by atoms with Gasteiger partial charge in [-0.3, -0.25) is 0 Å². The summed E-state index contributed by atoms with van der Waals surface area (Å²) in [5.74, 6) is -0.233. The number of hydrogen-bond acceptors (Lipinski definition) is 6. The van der Waals surface area contributed by atoms with Crippen LogP contribution in [-0.2, 0) is 14.0 Å². The number of carbonyl (C=O) groups excluding carboxylic acids is 1. The van der Waals surface area contributed by atoms with Crippen LogP contribution in [0, 0.1) is 0 Å². The number of aromatic nitrogens is 1. The predicted octanol–water partition coefficient (Wildman–Crippen LogP) is 6.58. The molecule has 2 aliphatic rings. The van der Waals surface area contributed by atoms with Crippen LogP contribution >= 0.6 is 0 Å². The summed E-state index contributed by atoms with van der Waals surface area (Å²) in [5, 5.41) is 2.80. The first kappa shape index (κ1) is 29.7. The zero-order valence-corrected chi connectivity index (χ0v) is 23.8. The van der Waals surface area contributed by atoms with Crippen molar-refractivity contribution in [1.82, 2.24) is 10.3 Å². The van der Waals surface area contributed by atoms with Gasteiger partial charge in [-0.1, -0.05) is 54.6 Å². The monoisotopic (exact) mass is 580 g/mol. The van der Waals surface area contributed by atoms with Gasteiger partial charge in [-0.25, -0.2) is 9.78 Å². The van der Waals surface area contributed by atoms with Gasteiger partial charge in [0.15, 0.2) is 6.61 Å². The number of nitrogens with one attached hydrogen (secondary N) is 1. The van der Waals surface area contributed by atoms with Crippen LogP contribution in [0.1, 0.15) is 50.3 Å². The number of carbonyl (C=O) groups is 1. The van der Waals surface area contributed by atoms with Gasteiger partial charge in [0.1, 0.15) is 6.61 Å². The normalized spacial score (nSPS) is 17.5. The zero-order chi connectivity index (χ0) is 30.1. The second kappa shape index (κ2) is 11.5. The van der Waals surface area contributed by atoms with Crippen molar-refractivity contribution < 1.29 is 36.7 Å². The van der Waals surface area contributed by atoms with Gasteiger partial charge in [-0.2, -0.15) is 13.2 Å². The smallest absolute Gasteiger partial charge is 0.468 e. The number of halogens is 3. The first-order chi connectivity index (χ1) is 19.8. The molecule has 1 saturated heterocycles. The van der Waals surface area contributed by atoms with Gasteiger partial charge >= 0.3 is 19.4 Å². The van der Waals surface area contributed by atoms with Crippen molar-refractivity contribution in [2.45, 2.75) is 51.0 Å². The van der Waals surface area contributed by atoms with E-state index in [1.165, 1.54) is 12.3 Å². The minimum atomic E-state index is -4.46. The average Bonchev–Trinajstić information content (AvgIpc) is 3.37. The molecule has 1 fully saturated rings. The van der Waals surface area contributed by atoms with Crippen LogP contribution in [0.5, 0.6) is 5.88 Å². The van der Waals surface area contributed by atoms with E-state index in [9.17, 15) is 18.0 Å². The van der Waals surface area contributed by atoms with Gasteiger partial charge in [0.2, 0.25) is 5.88 Å². The van der Waals surface area contributed by atoms with Crippen LogP contribution in [0.4, 0.5) is 18.0 Å². The summed E-state index contributed by atoms with van der Waals surface area (Å²) >= 11 is 0. The molecule has 1 aliphatic heterocycles. The maximum absolute atomic E-state index is 12.9. The number of amides is 1.